The molecule has 148 valence electrons. The van der Waals surface area contributed by atoms with Gasteiger partial charge in [-0.05, 0) is 29.3 Å². The molecule has 2 aromatic carbocycles. The summed E-state index contributed by atoms with van der Waals surface area (Å²) in [6, 6.07) is 14.1. The van der Waals surface area contributed by atoms with E-state index >= 15 is 0 Å². The standard InChI is InChI=1S/C23H23N3O3/c27-23(8-7-22-24-19-3-1-2-4-21(19)29-22)26-12-10-25(11-13-26)16-17-5-6-20-18(15-17)9-14-28-20/h1-8,15H,9-14,16H2/b8-7+. The lowest BCUT2D eigenvalue weighted by Gasteiger charge is -2.34. The number of hydrogen-bond donors (Lipinski definition) is 0. The van der Waals surface area contributed by atoms with Crippen molar-refractivity contribution in [2.45, 2.75) is 13.0 Å². The Labute approximate surface area is 169 Å². The summed E-state index contributed by atoms with van der Waals surface area (Å²) in [7, 11) is 0. The van der Waals surface area contributed by atoms with Crippen molar-refractivity contribution in [3.05, 3.63) is 65.6 Å². The van der Waals surface area contributed by atoms with Gasteiger partial charge in [-0.1, -0.05) is 24.3 Å². The molecule has 0 aliphatic carbocycles. The summed E-state index contributed by atoms with van der Waals surface area (Å²) in [5.41, 5.74) is 4.14. The Morgan fingerprint density at radius 3 is 2.83 bits per heavy atom. The van der Waals surface area contributed by atoms with Crippen molar-refractivity contribution in [1.82, 2.24) is 14.8 Å². The van der Waals surface area contributed by atoms with Gasteiger partial charge >= 0.3 is 0 Å². The van der Waals surface area contributed by atoms with Gasteiger partial charge < -0.3 is 14.1 Å². The Bertz CT molecular complexity index is 1030. The SMILES string of the molecule is O=C(/C=C/c1nc2ccccc2o1)N1CCN(Cc2ccc3c(c2)CCO3)CC1. The first-order valence-electron chi connectivity index (χ1n) is 10.0. The largest absolute Gasteiger partial charge is 0.493 e. The molecule has 0 atom stereocenters. The van der Waals surface area contributed by atoms with Crippen molar-refractivity contribution in [2.75, 3.05) is 32.8 Å². The van der Waals surface area contributed by atoms with E-state index in [1.807, 2.05) is 29.2 Å². The second-order valence-electron chi connectivity index (χ2n) is 7.50. The van der Waals surface area contributed by atoms with Crippen molar-refractivity contribution < 1.29 is 13.9 Å². The Balaban J connectivity index is 1.15. The number of rotatable bonds is 4. The molecule has 1 aromatic heterocycles. The Hall–Kier alpha value is -3.12. The lowest BCUT2D eigenvalue weighted by molar-refractivity contribution is -0.127. The summed E-state index contributed by atoms with van der Waals surface area (Å²) in [5.74, 6) is 1.48. The molecule has 6 nitrogen and oxygen atoms in total. The number of fused-ring (bicyclic) bond motifs is 2. The molecule has 1 amide bonds. The van der Waals surface area contributed by atoms with Crippen molar-refractivity contribution in [3.8, 4) is 5.75 Å². The second kappa shape index (κ2) is 7.72. The predicted molar refractivity (Wildman–Crippen MR) is 111 cm³/mol. The molecule has 0 spiro atoms. The number of aromatic nitrogens is 1. The van der Waals surface area contributed by atoms with Crippen LogP contribution in [0.3, 0.4) is 0 Å². The molecule has 0 unspecified atom stereocenters. The number of amides is 1. The fourth-order valence-electron chi connectivity index (χ4n) is 3.93. The molecule has 3 heterocycles. The van der Waals surface area contributed by atoms with Crippen LogP contribution in [0.5, 0.6) is 5.75 Å². The van der Waals surface area contributed by atoms with Crippen LogP contribution in [0.15, 0.2) is 53.0 Å². The summed E-state index contributed by atoms with van der Waals surface area (Å²) in [5, 5.41) is 0. The number of nitrogens with zero attached hydrogens (tertiary/aromatic N) is 3. The third kappa shape index (κ3) is 3.89. The maximum Gasteiger partial charge on any atom is 0.246 e. The zero-order valence-electron chi connectivity index (χ0n) is 16.2. The molecule has 0 saturated carbocycles. The van der Waals surface area contributed by atoms with Gasteiger partial charge in [-0.2, -0.15) is 0 Å². The lowest BCUT2D eigenvalue weighted by atomic mass is 10.1. The number of oxazole rings is 1. The maximum absolute atomic E-state index is 12.5. The van der Waals surface area contributed by atoms with Crippen LogP contribution in [-0.4, -0.2) is 53.5 Å². The summed E-state index contributed by atoms with van der Waals surface area (Å²) in [6.07, 6.45) is 4.21. The van der Waals surface area contributed by atoms with Crippen molar-refractivity contribution in [3.63, 3.8) is 0 Å². The molecule has 1 fully saturated rings. The first-order chi connectivity index (χ1) is 14.2. The van der Waals surface area contributed by atoms with E-state index in [1.54, 1.807) is 12.2 Å². The number of piperazine rings is 1. The molecule has 1 saturated heterocycles. The third-order valence-corrected chi connectivity index (χ3v) is 5.52. The van der Waals surface area contributed by atoms with E-state index in [9.17, 15) is 4.79 Å². The molecule has 5 rings (SSSR count). The van der Waals surface area contributed by atoms with Gasteiger partial charge in [0.15, 0.2) is 5.58 Å². The number of benzene rings is 2. The summed E-state index contributed by atoms with van der Waals surface area (Å²) >= 11 is 0. The topological polar surface area (TPSA) is 58.8 Å². The summed E-state index contributed by atoms with van der Waals surface area (Å²) in [4.78, 5) is 21.2. The molecular weight excluding hydrogens is 366 g/mol. The van der Waals surface area contributed by atoms with E-state index < -0.39 is 0 Å². The molecular formula is C23H23N3O3. The molecule has 29 heavy (non-hydrogen) atoms. The van der Waals surface area contributed by atoms with Crippen LogP contribution in [0.2, 0.25) is 0 Å². The highest BCUT2D eigenvalue weighted by molar-refractivity contribution is 5.91. The Morgan fingerprint density at radius 1 is 1.10 bits per heavy atom. The van der Waals surface area contributed by atoms with Crippen LogP contribution in [0.4, 0.5) is 0 Å². The summed E-state index contributed by atoms with van der Waals surface area (Å²) < 4.78 is 11.2. The van der Waals surface area contributed by atoms with E-state index in [4.69, 9.17) is 9.15 Å². The number of carbonyl (C=O) groups is 1. The van der Waals surface area contributed by atoms with Crippen LogP contribution in [0, 0.1) is 0 Å². The smallest absolute Gasteiger partial charge is 0.246 e. The number of para-hydroxylation sites is 2. The van der Waals surface area contributed by atoms with E-state index in [1.165, 1.54) is 11.1 Å². The minimum absolute atomic E-state index is 0.00147. The second-order valence-corrected chi connectivity index (χ2v) is 7.50. The van der Waals surface area contributed by atoms with Crippen molar-refractivity contribution in [2.24, 2.45) is 0 Å². The van der Waals surface area contributed by atoms with Crippen LogP contribution >= 0.6 is 0 Å². The molecule has 3 aromatic rings. The predicted octanol–water partition coefficient (Wildman–Crippen LogP) is 3.12. The average Bonchev–Trinajstić information content (AvgIpc) is 3.38. The van der Waals surface area contributed by atoms with Gasteiger partial charge in [-0.25, -0.2) is 4.98 Å². The zero-order chi connectivity index (χ0) is 19.6. The van der Waals surface area contributed by atoms with Gasteiger partial charge in [0.05, 0.1) is 6.61 Å². The minimum atomic E-state index is 0.00147. The maximum atomic E-state index is 12.5. The first kappa shape index (κ1) is 17.9. The normalized spacial score (nSPS) is 17.0. The fourth-order valence-corrected chi connectivity index (χ4v) is 3.93. The lowest BCUT2D eigenvalue weighted by Crippen LogP contribution is -2.47. The highest BCUT2D eigenvalue weighted by Gasteiger charge is 2.20. The Kier molecular flexibility index (Phi) is 4.77. The third-order valence-electron chi connectivity index (χ3n) is 5.52. The minimum Gasteiger partial charge on any atom is -0.493 e. The highest BCUT2D eigenvalue weighted by Crippen LogP contribution is 2.26. The quantitative estimate of drug-likeness (QED) is 0.642. The molecule has 2 aliphatic rings. The van der Waals surface area contributed by atoms with Crippen molar-refractivity contribution >= 4 is 23.1 Å². The Morgan fingerprint density at radius 2 is 1.97 bits per heavy atom. The first-order valence-corrected chi connectivity index (χ1v) is 10.0. The van der Waals surface area contributed by atoms with Crippen molar-refractivity contribution in [1.29, 1.82) is 0 Å². The van der Waals surface area contributed by atoms with Gasteiger partial charge in [-0.3, -0.25) is 9.69 Å². The van der Waals surface area contributed by atoms with Crippen LogP contribution in [-0.2, 0) is 17.8 Å². The monoisotopic (exact) mass is 389 g/mol. The van der Waals surface area contributed by atoms with Gasteiger partial charge in [0.2, 0.25) is 11.8 Å². The van der Waals surface area contributed by atoms with E-state index in [0.717, 1.165) is 62.6 Å². The van der Waals surface area contributed by atoms with Crippen LogP contribution < -0.4 is 4.74 Å². The highest BCUT2D eigenvalue weighted by atomic mass is 16.5. The van der Waals surface area contributed by atoms with Gasteiger partial charge in [0.25, 0.3) is 0 Å². The fraction of sp³-hybridized carbons (Fsp3) is 0.304. The van der Waals surface area contributed by atoms with Gasteiger partial charge in [0.1, 0.15) is 11.3 Å². The number of ether oxygens (including phenoxy) is 1. The van der Waals surface area contributed by atoms with E-state index in [-0.39, 0.29) is 5.91 Å². The number of carbonyl (C=O) groups excluding carboxylic acids is 1. The van der Waals surface area contributed by atoms with Gasteiger partial charge in [-0.15, -0.1) is 0 Å². The van der Waals surface area contributed by atoms with Crippen LogP contribution in [0.25, 0.3) is 17.2 Å². The molecule has 6 heteroatoms. The molecule has 0 N–H and O–H groups in total. The average molecular weight is 389 g/mol. The van der Waals surface area contributed by atoms with Gasteiger partial charge in [0, 0.05) is 51.3 Å². The summed E-state index contributed by atoms with van der Waals surface area (Å²) in [6.45, 7) is 4.90. The van der Waals surface area contributed by atoms with E-state index in [2.05, 4.69) is 28.1 Å². The zero-order valence-corrected chi connectivity index (χ0v) is 16.2. The van der Waals surface area contributed by atoms with Crippen LogP contribution in [0.1, 0.15) is 17.0 Å². The molecule has 0 bridgehead atoms. The molecule has 0 radical (unpaired) electrons. The van der Waals surface area contributed by atoms with E-state index in [0.29, 0.717) is 5.89 Å². The molecule has 2 aliphatic heterocycles. The number of hydrogen-bond acceptors (Lipinski definition) is 5.